The lowest BCUT2D eigenvalue weighted by atomic mass is 9.96. The Bertz CT molecular complexity index is 977. The predicted molar refractivity (Wildman–Crippen MR) is 146 cm³/mol. The number of unbranched alkanes of at least 4 members (excludes halogenated alkanes) is 1. The van der Waals surface area contributed by atoms with Gasteiger partial charge < -0.3 is 84.8 Å². The average Bonchev–Trinajstić information content (AvgIpc) is 3.04. The minimum absolute atomic E-state index is 0.0331. The molecule has 0 aliphatic carbocycles. The first-order valence-corrected chi connectivity index (χ1v) is 14.7. The van der Waals surface area contributed by atoms with E-state index in [0.717, 1.165) is 0 Å². The van der Waals surface area contributed by atoms with Gasteiger partial charge >= 0.3 is 0 Å². The Hall–Kier alpha value is -1.86. The predicted octanol–water partition coefficient (Wildman–Crippen LogP) is -5.95. The van der Waals surface area contributed by atoms with E-state index in [-0.39, 0.29) is 32.0 Å². The first-order chi connectivity index (χ1) is 21.9. The fraction of sp³-hybridized carbons (Fsp3) is 0.960. The van der Waals surface area contributed by atoms with Crippen molar-refractivity contribution in [2.45, 2.75) is 111 Å². The van der Waals surface area contributed by atoms with Gasteiger partial charge in [-0.1, -0.05) is 5.11 Å². The Morgan fingerprint density at radius 2 is 1.28 bits per heavy atom. The maximum absolute atomic E-state index is 12.0. The molecule has 3 aliphatic rings. The van der Waals surface area contributed by atoms with Crippen molar-refractivity contribution in [1.82, 2.24) is 5.32 Å². The van der Waals surface area contributed by atoms with Crippen molar-refractivity contribution in [3.63, 3.8) is 0 Å². The van der Waals surface area contributed by atoms with Crippen LogP contribution in [0.5, 0.6) is 0 Å². The molecule has 3 rings (SSSR count). The summed E-state index contributed by atoms with van der Waals surface area (Å²) in [5.74, 6) is -0.320. The molecule has 3 fully saturated rings. The lowest BCUT2D eigenvalue weighted by Crippen LogP contribution is -2.65. The van der Waals surface area contributed by atoms with Crippen LogP contribution >= 0.6 is 0 Å². The summed E-state index contributed by atoms with van der Waals surface area (Å²) >= 11 is 0. The van der Waals surface area contributed by atoms with Gasteiger partial charge in [0.15, 0.2) is 18.9 Å². The van der Waals surface area contributed by atoms with E-state index in [1.165, 1.54) is 0 Å². The normalized spacial score (nSPS) is 41.5. The molecule has 3 aliphatic heterocycles. The molecule has 46 heavy (non-hydrogen) atoms. The number of nitrogens with zero attached hydrogens (tertiary/aromatic N) is 3. The molecule has 0 aromatic heterocycles. The second-order valence-electron chi connectivity index (χ2n) is 11.0. The van der Waals surface area contributed by atoms with Gasteiger partial charge in [-0.05, 0) is 18.4 Å². The van der Waals surface area contributed by atoms with Crippen LogP contribution in [-0.2, 0) is 33.2 Å². The molecule has 15 atom stereocenters. The monoisotopic (exact) mass is 672 g/mol. The summed E-state index contributed by atoms with van der Waals surface area (Å²) < 4.78 is 33.0. The van der Waals surface area contributed by atoms with E-state index >= 15 is 0 Å². The third-order valence-corrected chi connectivity index (χ3v) is 7.74. The van der Waals surface area contributed by atoms with E-state index in [1.54, 1.807) is 0 Å². The summed E-state index contributed by atoms with van der Waals surface area (Å²) in [5.41, 5.74) is 8.28. The maximum Gasteiger partial charge on any atom is 0.220 e. The van der Waals surface area contributed by atoms with Crippen LogP contribution in [0.2, 0.25) is 0 Å². The van der Waals surface area contributed by atoms with E-state index < -0.39 is 112 Å². The summed E-state index contributed by atoms with van der Waals surface area (Å²) in [5, 5.41) is 108. The number of ether oxygens (including phenoxy) is 6. The fourth-order valence-corrected chi connectivity index (χ4v) is 5.03. The minimum atomic E-state index is -1.88. The highest BCUT2D eigenvalue weighted by atomic mass is 16.7. The highest BCUT2D eigenvalue weighted by Gasteiger charge is 2.52. The number of nitrogens with one attached hydrogen (secondary N) is 1. The molecule has 0 aromatic carbocycles. The van der Waals surface area contributed by atoms with Gasteiger partial charge in [0.2, 0.25) is 5.91 Å². The Morgan fingerprint density at radius 3 is 1.89 bits per heavy atom. The van der Waals surface area contributed by atoms with Crippen LogP contribution in [0.15, 0.2) is 5.11 Å². The molecular formula is C25H44N4O17. The van der Waals surface area contributed by atoms with Crippen LogP contribution in [0.1, 0.15) is 19.3 Å². The lowest BCUT2D eigenvalue weighted by molar-refractivity contribution is -0.366. The second-order valence-corrected chi connectivity index (χ2v) is 11.0. The Labute approximate surface area is 262 Å². The number of hydrogen-bond acceptors (Lipinski definition) is 18. The topological polar surface area (TPSA) is 336 Å². The number of aliphatic hydroxyl groups excluding tert-OH is 10. The van der Waals surface area contributed by atoms with Gasteiger partial charge in [-0.3, -0.25) is 4.79 Å². The van der Waals surface area contributed by atoms with E-state index in [1.807, 2.05) is 0 Å². The summed E-state index contributed by atoms with van der Waals surface area (Å²) in [6.45, 7) is -2.11. The number of aliphatic hydroxyl groups is 10. The van der Waals surface area contributed by atoms with Gasteiger partial charge in [0, 0.05) is 24.4 Å². The minimum Gasteiger partial charge on any atom is -0.394 e. The molecule has 11 N–H and O–H groups in total. The Balaban J connectivity index is 1.67. The number of carbonyl (C=O) groups excluding carboxylic acids is 1. The highest BCUT2D eigenvalue weighted by molar-refractivity contribution is 5.75. The van der Waals surface area contributed by atoms with E-state index in [0.29, 0.717) is 12.8 Å². The second kappa shape index (κ2) is 18.6. The molecular weight excluding hydrogens is 628 g/mol. The molecule has 1 amide bonds. The Kier molecular flexibility index (Phi) is 15.6. The number of carbonyl (C=O) groups is 1. The van der Waals surface area contributed by atoms with Crippen LogP contribution in [0.25, 0.3) is 10.4 Å². The van der Waals surface area contributed by atoms with Crippen molar-refractivity contribution in [3.8, 4) is 0 Å². The largest absolute Gasteiger partial charge is 0.394 e. The quantitative estimate of drug-likeness (QED) is 0.0314. The van der Waals surface area contributed by atoms with Crippen molar-refractivity contribution in [1.29, 1.82) is 0 Å². The van der Waals surface area contributed by atoms with Crippen molar-refractivity contribution in [2.24, 2.45) is 5.11 Å². The van der Waals surface area contributed by atoms with Gasteiger partial charge in [-0.25, -0.2) is 0 Å². The zero-order chi connectivity index (χ0) is 34.0. The summed E-state index contributed by atoms with van der Waals surface area (Å²) in [6.07, 6.45) is -23.7. The van der Waals surface area contributed by atoms with Gasteiger partial charge in [0.05, 0.1) is 26.4 Å². The molecule has 0 saturated carbocycles. The van der Waals surface area contributed by atoms with Gasteiger partial charge in [-0.15, -0.1) is 0 Å². The molecule has 266 valence electrons. The van der Waals surface area contributed by atoms with E-state index in [9.17, 15) is 55.9 Å². The smallest absolute Gasteiger partial charge is 0.220 e. The molecule has 21 nitrogen and oxygen atoms in total. The summed E-state index contributed by atoms with van der Waals surface area (Å²) in [7, 11) is 0. The average molecular weight is 673 g/mol. The number of hydrogen-bond donors (Lipinski definition) is 11. The van der Waals surface area contributed by atoms with Gasteiger partial charge in [0.1, 0.15) is 73.2 Å². The third-order valence-electron chi connectivity index (χ3n) is 7.74. The van der Waals surface area contributed by atoms with Crippen molar-refractivity contribution >= 4 is 5.91 Å². The van der Waals surface area contributed by atoms with Gasteiger partial charge in [0.25, 0.3) is 0 Å². The molecule has 0 spiro atoms. The first kappa shape index (κ1) is 38.6. The summed E-state index contributed by atoms with van der Waals surface area (Å²) in [4.78, 5) is 14.7. The molecule has 0 radical (unpaired) electrons. The SMILES string of the molecule is [N-]=[N+]=NCCCCC(=O)NCCO[C@@H]1O[C@H](CO[C@H]2O[C@H](CO)[C@@H](O)[C@H](O)[C@@H]2O)[C@@H](O)[C@H](O[C@H]2O[C@H](CO)[C@@H](O)[C@H](O)[C@@H]2O)[C@H]1O. The highest BCUT2D eigenvalue weighted by Crippen LogP contribution is 2.31. The Morgan fingerprint density at radius 1 is 0.717 bits per heavy atom. The van der Waals surface area contributed by atoms with Crippen LogP contribution in [0.3, 0.4) is 0 Å². The lowest BCUT2D eigenvalue weighted by Gasteiger charge is -2.46. The molecule has 0 aromatic rings. The number of azide groups is 1. The van der Waals surface area contributed by atoms with Gasteiger partial charge in [-0.2, -0.15) is 0 Å². The number of amides is 1. The third kappa shape index (κ3) is 9.84. The van der Waals surface area contributed by atoms with Crippen molar-refractivity contribution in [2.75, 3.05) is 39.5 Å². The molecule has 0 bridgehead atoms. The fourth-order valence-electron chi connectivity index (χ4n) is 5.03. The maximum atomic E-state index is 12.0. The van der Waals surface area contributed by atoms with Crippen LogP contribution < -0.4 is 5.32 Å². The number of rotatable bonds is 16. The van der Waals surface area contributed by atoms with Crippen molar-refractivity contribution in [3.05, 3.63) is 10.4 Å². The molecule has 3 saturated heterocycles. The van der Waals surface area contributed by atoms with Crippen molar-refractivity contribution < 1.29 is 84.3 Å². The molecule has 3 heterocycles. The van der Waals surface area contributed by atoms with Crippen LogP contribution in [-0.4, -0.2) is 189 Å². The zero-order valence-corrected chi connectivity index (χ0v) is 24.7. The molecule has 0 unspecified atom stereocenters. The van der Waals surface area contributed by atoms with Crippen LogP contribution in [0.4, 0.5) is 0 Å². The van der Waals surface area contributed by atoms with E-state index in [4.69, 9.17) is 34.0 Å². The van der Waals surface area contributed by atoms with E-state index in [2.05, 4.69) is 15.3 Å². The molecule has 21 heteroatoms. The zero-order valence-electron chi connectivity index (χ0n) is 24.7. The standard InChI is InChI=1S/C25H44N4O17/c26-29-28-4-2-1-3-13(32)27-5-6-41-24-21(40)22(46-25-20(39)18(37)15(34)11(8-31)44-25)16(35)12(45-24)9-42-23-19(38)17(36)14(33)10(7-30)43-23/h10-12,14-25,30-31,33-40H,1-9H2,(H,27,32)/t10-,11-,12-,14-,15-,16-,17+,18+,19+,20+,21-,22+,23+,24-,25-/m1/s1. The summed E-state index contributed by atoms with van der Waals surface area (Å²) in [6, 6.07) is 0. The first-order valence-electron chi connectivity index (χ1n) is 14.7. The van der Waals surface area contributed by atoms with Crippen LogP contribution in [0, 0.1) is 0 Å².